The van der Waals surface area contributed by atoms with Gasteiger partial charge in [0.1, 0.15) is 5.82 Å². The molecule has 0 aliphatic carbocycles. The van der Waals surface area contributed by atoms with Crippen molar-refractivity contribution in [3.05, 3.63) is 52.9 Å². The van der Waals surface area contributed by atoms with Gasteiger partial charge in [-0.2, -0.15) is 0 Å². The van der Waals surface area contributed by atoms with E-state index in [1.807, 2.05) is 12.1 Å². The molecule has 2 aromatic heterocycles. The molecule has 0 saturated heterocycles. The number of pyridine rings is 2. The zero-order chi connectivity index (χ0) is 13.7. The Labute approximate surface area is 116 Å². The van der Waals surface area contributed by atoms with Crippen LogP contribution in [0.4, 0.5) is 5.82 Å². The first-order chi connectivity index (χ1) is 9.20. The van der Waals surface area contributed by atoms with Crippen LogP contribution in [0.1, 0.15) is 15.9 Å². The van der Waals surface area contributed by atoms with E-state index in [4.69, 9.17) is 11.6 Å². The molecule has 0 aromatic carbocycles. The summed E-state index contributed by atoms with van der Waals surface area (Å²) < 4.78 is 0. The topological polar surface area (TPSA) is 66.9 Å². The maximum Gasteiger partial charge on any atom is 0.253 e. The molecule has 0 atom stereocenters. The van der Waals surface area contributed by atoms with E-state index in [0.29, 0.717) is 22.9 Å². The summed E-state index contributed by atoms with van der Waals surface area (Å²) in [6.45, 7) is 0.403. The molecule has 2 aromatic rings. The molecule has 6 heteroatoms. The third kappa shape index (κ3) is 3.42. The molecule has 0 spiro atoms. The highest BCUT2D eigenvalue weighted by molar-refractivity contribution is 6.33. The Balaban J connectivity index is 2.08. The van der Waals surface area contributed by atoms with E-state index in [9.17, 15) is 4.79 Å². The summed E-state index contributed by atoms with van der Waals surface area (Å²) in [5.41, 5.74) is 1.32. The summed E-state index contributed by atoms with van der Waals surface area (Å²) in [5.74, 6) is 0.351. The Bertz CT molecular complexity index is 574. The van der Waals surface area contributed by atoms with Gasteiger partial charge in [0, 0.05) is 32.2 Å². The highest BCUT2D eigenvalue weighted by Crippen LogP contribution is 2.17. The molecule has 0 bridgehead atoms. The summed E-state index contributed by atoms with van der Waals surface area (Å²) in [6.07, 6.45) is 4.84. The van der Waals surface area contributed by atoms with Gasteiger partial charge in [-0.1, -0.05) is 17.7 Å². The number of halogens is 1. The number of nitrogens with zero attached hydrogens (tertiary/aromatic N) is 2. The largest absolute Gasteiger partial charge is 0.373 e. The van der Waals surface area contributed by atoms with Gasteiger partial charge in [0.15, 0.2) is 0 Å². The van der Waals surface area contributed by atoms with Crippen LogP contribution in [-0.4, -0.2) is 22.9 Å². The van der Waals surface area contributed by atoms with Gasteiger partial charge >= 0.3 is 0 Å². The van der Waals surface area contributed by atoms with Gasteiger partial charge in [-0.25, -0.2) is 4.98 Å². The van der Waals surface area contributed by atoms with E-state index in [0.717, 1.165) is 5.56 Å². The number of hydrogen-bond donors (Lipinski definition) is 2. The van der Waals surface area contributed by atoms with Crippen LogP contribution in [0.2, 0.25) is 5.02 Å². The monoisotopic (exact) mass is 276 g/mol. The normalized spacial score (nSPS) is 10.0. The van der Waals surface area contributed by atoms with Crippen LogP contribution in [0.5, 0.6) is 0 Å². The first-order valence-corrected chi connectivity index (χ1v) is 6.09. The second kappa shape index (κ2) is 6.15. The zero-order valence-electron chi connectivity index (χ0n) is 10.4. The minimum absolute atomic E-state index is 0.243. The third-order valence-electron chi connectivity index (χ3n) is 2.53. The number of carbonyl (C=O) groups excluding carboxylic acids is 1. The second-order valence-electron chi connectivity index (χ2n) is 3.84. The van der Waals surface area contributed by atoms with E-state index in [-0.39, 0.29) is 5.91 Å². The lowest BCUT2D eigenvalue weighted by Crippen LogP contribution is -2.23. The molecule has 19 heavy (non-hydrogen) atoms. The smallest absolute Gasteiger partial charge is 0.253 e. The lowest BCUT2D eigenvalue weighted by Gasteiger charge is -2.08. The van der Waals surface area contributed by atoms with Crippen LogP contribution in [0.25, 0.3) is 0 Å². The predicted molar refractivity (Wildman–Crippen MR) is 74.2 cm³/mol. The maximum atomic E-state index is 12.0. The number of aromatic nitrogens is 2. The van der Waals surface area contributed by atoms with Crippen molar-refractivity contribution in [1.82, 2.24) is 15.3 Å². The van der Waals surface area contributed by atoms with Gasteiger partial charge < -0.3 is 10.6 Å². The van der Waals surface area contributed by atoms with Gasteiger partial charge in [0.25, 0.3) is 5.91 Å². The van der Waals surface area contributed by atoms with Crippen LogP contribution < -0.4 is 10.6 Å². The number of amides is 1. The molecule has 0 aliphatic rings. The van der Waals surface area contributed by atoms with Crippen molar-refractivity contribution in [3.8, 4) is 0 Å². The van der Waals surface area contributed by atoms with E-state index < -0.39 is 0 Å². The standard InChI is InChI=1S/C13H13ClN4O/c1-15-12-5-10(11(14)8-17-12)13(19)18-7-9-3-2-4-16-6-9/h2-6,8H,7H2,1H3,(H,15,17)(H,18,19). The van der Waals surface area contributed by atoms with E-state index in [2.05, 4.69) is 20.6 Å². The van der Waals surface area contributed by atoms with Gasteiger partial charge in [0.2, 0.25) is 0 Å². The van der Waals surface area contributed by atoms with Crippen LogP contribution in [0, 0.1) is 0 Å². The van der Waals surface area contributed by atoms with Crippen LogP contribution in [0.15, 0.2) is 36.8 Å². The molecule has 1 amide bonds. The molecule has 2 heterocycles. The highest BCUT2D eigenvalue weighted by Gasteiger charge is 2.11. The predicted octanol–water partition coefficient (Wildman–Crippen LogP) is 2.10. The number of nitrogens with one attached hydrogen (secondary N) is 2. The summed E-state index contributed by atoms with van der Waals surface area (Å²) in [7, 11) is 1.73. The summed E-state index contributed by atoms with van der Waals surface area (Å²) >= 11 is 5.97. The Kier molecular flexibility index (Phi) is 4.30. The number of hydrogen-bond acceptors (Lipinski definition) is 4. The number of carbonyl (C=O) groups is 1. The Morgan fingerprint density at radius 3 is 2.95 bits per heavy atom. The Morgan fingerprint density at radius 2 is 2.26 bits per heavy atom. The van der Waals surface area contributed by atoms with E-state index in [1.165, 1.54) is 6.20 Å². The van der Waals surface area contributed by atoms with Gasteiger partial charge in [0.05, 0.1) is 10.6 Å². The fourth-order valence-corrected chi connectivity index (χ4v) is 1.72. The lowest BCUT2D eigenvalue weighted by atomic mass is 10.2. The Hall–Kier alpha value is -2.14. The average molecular weight is 277 g/mol. The molecular weight excluding hydrogens is 264 g/mol. The fraction of sp³-hybridized carbons (Fsp3) is 0.154. The molecule has 98 valence electrons. The van der Waals surface area contributed by atoms with Crippen molar-refractivity contribution in [2.75, 3.05) is 12.4 Å². The van der Waals surface area contributed by atoms with Crippen molar-refractivity contribution in [1.29, 1.82) is 0 Å². The van der Waals surface area contributed by atoms with Crippen molar-refractivity contribution in [2.45, 2.75) is 6.54 Å². The van der Waals surface area contributed by atoms with Crippen LogP contribution >= 0.6 is 11.6 Å². The molecular formula is C13H13ClN4O. The minimum Gasteiger partial charge on any atom is -0.373 e. The van der Waals surface area contributed by atoms with Gasteiger partial charge in [-0.05, 0) is 17.7 Å². The van der Waals surface area contributed by atoms with Crippen LogP contribution in [0.3, 0.4) is 0 Å². The number of anilines is 1. The van der Waals surface area contributed by atoms with Crippen LogP contribution in [-0.2, 0) is 6.54 Å². The van der Waals surface area contributed by atoms with Gasteiger partial charge in [-0.15, -0.1) is 0 Å². The molecule has 0 radical (unpaired) electrons. The summed E-state index contributed by atoms with van der Waals surface area (Å²) in [6, 6.07) is 5.32. The fourth-order valence-electron chi connectivity index (χ4n) is 1.53. The molecule has 0 aliphatic heterocycles. The molecule has 5 nitrogen and oxygen atoms in total. The number of rotatable bonds is 4. The summed E-state index contributed by atoms with van der Waals surface area (Å²) in [5, 5.41) is 5.97. The van der Waals surface area contributed by atoms with E-state index >= 15 is 0 Å². The molecule has 2 N–H and O–H groups in total. The molecule has 0 fully saturated rings. The van der Waals surface area contributed by atoms with Crippen molar-refractivity contribution >= 4 is 23.3 Å². The Morgan fingerprint density at radius 1 is 1.42 bits per heavy atom. The SMILES string of the molecule is CNc1cc(C(=O)NCc2cccnc2)c(Cl)cn1. The third-order valence-corrected chi connectivity index (χ3v) is 2.83. The maximum absolute atomic E-state index is 12.0. The second-order valence-corrected chi connectivity index (χ2v) is 4.25. The zero-order valence-corrected chi connectivity index (χ0v) is 11.1. The van der Waals surface area contributed by atoms with Crippen molar-refractivity contribution in [2.24, 2.45) is 0 Å². The lowest BCUT2D eigenvalue weighted by molar-refractivity contribution is 0.0951. The molecule has 0 saturated carbocycles. The van der Waals surface area contributed by atoms with Crippen molar-refractivity contribution < 1.29 is 4.79 Å². The highest BCUT2D eigenvalue weighted by atomic mass is 35.5. The molecule has 2 rings (SSSR count). The molecule has 0 unspecified atom stereocenters. The van der Waals surface area contributed by atoms with Crippen molar-refractivity contribution in [3.63, 3.8) is 0 Å². The first kappa shape index (κ1) is 13.3. The summed E-state index contributed by atoms with van der Waals surface area (Å²) in [4.78, 5) is 20.0. The average Bonchev–Trinajstić information content (AvgIpc) is 2.46. The van der Waals surface area contributed by atoms with E-state index in [1.54, 1.807) is 25.5 Å². The quantitative estimate of drug-likeness (QED) is 0.897. The first-order valence-electron chi connectivity index (χ1n) is 5.71. The van der Waals surface area contributed by atoms with Gasteiger partial charge in [-0.3, -0.25) is 9.78 Å². The minimum atomic E-state index is -0.243.